The molecule has 0 bridgehead atoms. The van der Waals surface area contributed by atoms with Crippen LogP contribution in [0.15, 0.2) is 30.6 Å². The van der Waals surface area contributed by atoms with Gasteiger partial charge in [-0.05, 0) is 30.5 Å². The Morgan fingerprint density at radius 2 is 1.72 bits per heavy atom. The Bertz CT molecular complexity index is 736. The largest absolute Gasteiger partial charge is 0.381 e. The van der Waals surface area contributed by atoms with E-state index in [-0.39, 0.29) is 5.78 Å². The number of benzene rings is 1. The van der Waals surface area contributed by atoms with Gasteiger partial charge in [-0.15, -0.1) is 0 Å². The minimum atomic E-state index is -0.592. The molecule has 1 aromatic carbocycles. The second kappa shape index (κ2) is 7.35. The Labute approximate surface area is 145 Å². The van der Waals surface area contributed by atoms with Gasteiger partial charge >= 0.3 is 0 Å². The first-order valence-electron chi connectivity index (χ1n) is 8.41. The molecule has 0 radical (unpaired) electrons. The lowest BCUT2D eigenvalue weighted by atomic mass is 9.71. The zero-order valence-corrected chi connectivity index (χ0v) is 14.1. The summed E-state index contributed by atoms with van der Waals surface area (Å²) < 4.78 is 32.9. The molecule has 0 amide bonds. The monoisotopic (exact) mass is 346 g/mol. The van der Waals surface area contributed by atoms with Crippen LogP contribution in [0.5, 0.6) is 0 Å². The van der Waals surface area contributed by atoms with Gasteiger partial charge in [0.15, 0.2) is 5.78 Å². The first kappa shape index (κ1) is 17.6. The van der Waals surface area contributed by atoms with Crippen molar-refractivity contribution in [1.29, 1.82) is 0 Å². The van der Waals surface area contributed by atoms with Crippen LogP contribution in [-0.2, 0) is 16.6 Å². The van der Waals surface area contributed by atoms with Crippen molar-refractivity contribution in [3.05, 3.63) is 59.2 Å². The van der Waals surface area contributed by atoms with Gasteiger partial charge in [0.05, 0.1) is 5.56 Å². The van der Waals surface area contributed by atoms with E-state index in [1.807, 2.05) is 0 Å². The van der Waals surface area contributed by atoms with Crippen LogP contribution >= 0.6 is 0 Å². The molecule has 2 aromatic rings. The molecule has 2 heterocycles. The molecule has 0 unspecified atom stereocenters. The molecule has 4 nitrogen and oxygen atoms in total. The van der Waals surface area contributed by atoms with Gasteiger partial charge in [0.1, 0.15) is 17.5 Å². The molecule has 0 N–H and O–H groups in total. The lowest BCUT2D eigenvalue weighted by Crippen LogP contribution is -2.36. The summed E-state index contributed by atoms with van der Waals surface area (Å²) in [4.78, 5) is 20.3. The number of hydrogen-bond acceptors (Lipinski definition) is 4. The summed E-state index contributed by atoms with van der Waals surface area (Å²) in [7, 11) is 0. The second-order valence-electron chi connectivity index (χ2n) is 6.39. The number of ether oxygens (including phenoxy) is 1. The highest BCUT2D eigenvalue weighted by Gasteiger charge is 2.36. The molecule has 0 aliphatic carbocycles. The third kappa shape index (κ3) is 3.90. The lowest BCUT2D eigenvalue weighted by molar-refractivity contribution is 0.0491. The molecular formula is C19H20F2N2O2. The van der Waals surface area contributed by atoms with Gasteiger partial charge in [-0.2, -0.15) is 0 Å². The van der Waals surface area contributed by atoms with Crippen LogP contribution in [0.4, 0.5) is 8.78 Å². The zero-order chi connectivity index (χ0) is 17.9. The molecule has 1 aromatic heterocycles. The van der Waals surface area contributed by atoms with Crippen molar-refractivity contribution in [3.63, 3.8) is 0 Å². The van der Waals surface area contributed by atoms with Crippen LogP contribution in [0.2, 0.25) is 0 Å². The molecule has 25 heavy (non-hydrogen) atoms. The standard InChI is InChI=1S/C19H20F2N2O2/c1-2-17(24)13-11-22-18(23-12-13)10-19(3-5-25-6-4-19)14-7-15(20)9-16(21)8-14/h7-9,11-12H,2-6,10H2,1H3. The molecular weight excluding hydrogens is 326 g/mol. The van der Waals surface area contributed by atoms with E-state index in [1.54, 1.807) is 6.92 Å². The van der Waals surface area contributed by atoms with Crippen LogP contribution in [0.25, 0.3) is 0 Å². The van der Waals surface area contributed by atoms with E-state index in [4.69, 9.17) is 4.74 Å². The normalized spacial score (nSPS) is 16.6. The van der Waals surface area contributed by atoms with E-state index >= 15 is 0 Å². The van der Waals surface area contributed by atoms with Crippen molar-refractivity contribution >= 4 is 5.78 Å². The fraction of sp³-hybridized carbons (Fsp3) is 0.421. The minimum Gasteiger partial charge on any atom is -0.381 e. The van der Waals surface area contributed by atoms with E-state index in [0.29, 0.717) is 55.8 Å². The predicted octanol–water partition coefficient (Wildman–Crippen LogP) is 3.64. The Kier molecular flexibility index (Phi) is 5.18. The van der Waals surface area contributed by atoms with E-state index in [9.17, 15) is 13.6 Å². The van der Waals surface area contributed by atoms with Crippen molar-refractivity contribution in [2.24, 2.45) is 0 Å². The highest BCUT2D eigenvalue weighted by atomic mass is 19.1. The molecule has 0 atom stereocenters. The number of aromatic nitrogens is 2. The summed E-state index contributed by atoms with van der Waals surface area (Å²) in [5.74, 6) is -0.643. The van der Waals surface area contributed by atoms with Gasteiger partial charge < -0.3 is 4.74 Å². The smallest absolute Gasteiger partial charge is 0.165 e. The number of Topliss-reactive ketones (excluding diaryl/α,β-unsaturated/α-hetero) is 1. The number of ketones is 1. The minimum absolute atomic E-state index is 0.0143. The number of rotatable bonds is 5. The number of hydrogen-bond donors (Lipinski definition) is 0. The summed E-state index contributed by atoms with van der Waals surface area (Å²) in [5, 5.41) is 0. The number of carbonyl (C=O) groups is 1. The van der Waals surface area contributed by atoms with Crippen molar-refractivity contribution in [3.8, 4) is 0 Å². The molecule has 6 heteroatoms. The summed E-state index contributed by atoms with van der Waals surface area (Å²) in [6.07, 6.45) is 5.15. The van der Waals surface area contributed by atoms with Gasteiger partial charge in [-0.1, -0.05) is 6.92 Å². The molecule has 1 saturated heterocycles. The SMILES string of the molecule is CCC(=O)c1cnc(CC2(c3cc(F)cc(F)c3)CCOCC2)nc1. The maximum atomic E-state index is 13.7. The van der Waals surface area contributed by atoms with Crippen LogP contribution in [-0.4, -0.2) is 29.0 Å². The molecule has 1 aliphatic heterocycles. The van der Waals surface area contributed by atoms with Gasteiger partial charge in [0, 0.05) is 49.9 Å². The number of halogens is 2. The zero-order valence-electron chi connectivity index (χ0n) is 14.1. The second-order valence-corrected chi connectivity index (χ2v) is 6.39. The average molecular weight is 346 g/mol. The van der Waals surface area contributed by atoms with Crippen molar-refractivity contribution in [1.82, 2.24) is 9.97 Å². The average Bonchev–Trinajstić information content (AvgIpc) is 2.62. The maximum absolute atomic E-state index is 13.7. The van der Waals surface area contributed by atoms with Gasteiger partial charge in [0.25, 0.3) is 0 Å². The van der Waals surface area contributed by atoms with Crippen LogP contribution in [0, 0.1) is 11.6 Å². The quantitative estimate of drug-likeness (QED) is 0.776. The highest BCUT2D eigenvalue weighted by Crippen LogP contribution is 2.38. The van der Waals surface area contributed by atoms with Gasteiger partial charge in [0.2, 0.25) is 0 Å². The molecule has 1 fully saturated rings. The van der Waals surface area contributed by atoms with E-state index < -0.39 is 17.0 Å². The summed E-state index contributed by atoms with van der Waals surface area (Å²) in [6.45, 7) is 2.82. The van der Waals surface area contributed by atoms with Gasteiger partial charge in [-0.25, -0.2) is 18.7 Å². The Hall–Kier alpha value is -2.21. The molecule has 0 spiro atoms. The van der Waals surface area contributed by atoms with Crippen molar-refractivity contribution in [2.45, 2.75) is 38.0 Å². The summed E-state index contributed by atoms with van der Waals surface area (Å²) in [6, 6.07) is 3.63. The number of nitrogens with zero attached hydrogens (tertiary/aromatic N) is 2. The summed E-state index contributed by atoms with van der Waals surface area (Å²) >= 11 is 0. The van der Waals surface area contributed by atoms with Crippen molar-refractivity contribution < 1.29 is 18.3 Å². The van der Waals surface area contributed by atoms with Gasteiger partial charge in [-0.3, -0.25) is 4.79 Å². The fourth-order valence-electron chi connectivity index (χ4n) is 3.29. The van der Waals surface area contributed by atoms with E-state index in [0.717, 1.165) is 6.07 Å². The number of carbonyl (C=O) groups excluding carboxylic acids is 1. The molecule has 1 aliphatic rings. The summed E-state index contributed by atoms with van der Waals surface area (Å²) in [5.41, 5.74) is 0.604. The predicted molar refractivity (Wildman–Crippen MR) is 88.4 cm³/mol. The van der Waals surface area contributed by atoms with E-state index in [1.165, 1.54) is 24.5 Å². The maximum Gasteiger partial charge on any atom is 0.165 e. The Balaban J connectivity index is 1.92. The fourth-order valence-corrected chi connectivity index (χ4v) is 3.29. The topological polar surface area (TPSA) is 52.1 Å². The Morgan fingerprint density at radius 1 is 1.12 bits per heavy atom. The third-order valence-corrected chi connectivity index (χ3v) is 4.77. The van der Waals surface area contributed by atoms with Crippen LogP contribution < -0.4 is 0 Å². The van der Waals surface area contributed by atoms with Crippen LogP contribution in [0.1, 0.15) is 47.9 Å². The first-order chi connectivity index (χ1) is 12.0. The molecule has 3 rings (SSSR count). The third-order valence-electron chi connectivity index (χ3n) is 4.77. The van der Waals surface area contributed by atoms with Crippen molar-refractivity contribution in [2.75, 3.05) is 13.2 Å². The Morgan fingerprint density at radius 3 is 2.28 bits per heavy atom. The highest BCUT2D eigenvalue weighted by molar-refractivity contribution is 5.95. The molecule has 132 valence electrons. The first-order valence-corrected chi connectivity index (χ1v) is 8.41. The van der Waals surface area contributed by atoms with Crippen LogP contribution in [0.3, 0.4) is 0 Å². The lowest BCUT2D eigenvalue weighted by Gasteiger charge is -2.37. The molecule has 0 saturated carbocycles. The van der Waals surface area contributed by atoms with E-state index in [2.05, 4.69) is 9.97 Å².